The second-order valence-electron chi connectivity index (χ2n) is 8.71. The summed E-state index contributed by atoms with van der Waals surface area (Å²) in [4.78, 5) is 0. The van der Waals surface area contributed by atoms with E-state index in [1.54, 1.807) is 6.07 Å². The highest BCUT2D eigenvalue weighted by Crippen LogP contribution is 2.44. The first-order valence-corrected chi connectivity index (χ1v) is 10.5. The minimum atomic E-state index is -0.732. The standard InChI is InChI=1S/C23H34F2/c1-3-4-17-5-7-18(8-6-17)16(2)19-9-11-20(12-10-19)21-13-14-22(24)23(25)15-21/h13-20H,3-12H2,1-2H3. The van der Waals surface area contributed by atoms with Gasteiger partial charge in [0.05, 0.1) is 0 Å². The van der Waals surface area contributed by atoms with E-state index in [1.165, 1.54) is 63.5 Å². The predicted molar refractivity (Wildman–Crippen MR) is 101 cm³/mol. The van der Waals surface area contributed by atoms with Crippen molar-refractivity contribution in [2.24, 2.45) is 23.7 Å². The van der Waals surface area contributed by atoms with Crippen LogP contribution in [0.5, 0.6) is 0 Å². The molecule has 0 bridgehead atoms. The fraction of sp³-hybridized carbons (Fsp3) is 0.739. The second-order valence-corrected chi connectivity index (χ2v) is 8.71. The molecule has 0 N–H and O–H groups in total. The van der Waals surface area contributed by atoms with Gasteiger partial charge in [0, 0.05) is 0 Å². The van der Waals surface area contributed by atoms with Gasteiger partial charge >= 0.3 is 0 Å². The molecule has 0 amide bonds. The number of benzene rings is 1. The molecule has 0 spiro atoms. The Morgan fingerprint density at radius 2 is 1.48 bits per heavy atom. The summed E-state index contributed by atoms with van der Waals surface area (Å²) in [6.45, 7) is 4.79. The van der Waals surface area contributed by atoms with Gasteiger partial charge in [0.25, 0.3) is 0 Å². The minimum absolute atomic E-state index is 0.416. The molecule has 0 saturated heterocycles. The van der Waals surface area contributed by atoms with E-state index < -0.39 is 11.6 Å². The SMILES string of the molecule is CCCC1CCC(C(C)C2CCC(c3ccc(F)c(F)c3)CC2)CC1. The Bertz CT molecular complexity index is 537. The van der Waals surface area contributed by atoms with Gasteiger partial charge in [-0.15, -0.1) is 0 Å². The Hall–Kier alpha value is -0.920. The van der Waals surface area contributed by atoms with Crippen molar-refractivity contribution in [1.29, 1.82) is 0 Å². The number of hydrogen-bond acceptors (Lipinski definition) is 0. The lowest BCUT2D eigenvalue weighted by Gasteiger charge is -2.39. The van der Waals surface area contributed by atoms with E-state index in [0.29, 0.717) is 5.92 Å². The molecule has 25 heavy (non-hydrogen) atoms. The molecule has 0 aromatic heterocycles. The van der Waals surface area contributed by atoms with Crippen molar-refractivity contribution in [3.8, 4) is 0 Å². The molecule has 1 unspecified atom stereocenters. The number of rotatable bonds is 5. The Labute approximate surface area is 152 Å². The smallest absolute Gasteiger partial charge is 0.159 e. The van der Waals surface area contributed by atoms with E-state index in [-0.39, 0.29) is 0 Å². The molecule has 3 rings (SSSR count). The number of hydrogen-bond donors (Lipinski definition) is 0. The van der Waals surface area contributed by atoms with Crippen molar-refractivity contribution in [2.45, 2.75) is 84.0 Å². The van der Waals surface area contributed by atoms with E-state index in [0.717, 1.165) is 42.1 Å². The molecule has 140 valence electrons. The van der Waals surface area contributed by atoms with Crippen LogP contribution in [0.1, 0.15) is 89.5 Å². The van der Waals surface area contributed by atoms with Crippen LogP contribution in [0.15, 0.2) is 18.2 Å². The third kappa shape index (κ3) is 4.63. The van der Waals surface area contributed by atoms with Gasteiger partial charge in [-0.05, 0) is 85.8 Å². The highest BCUT2D eigenvalue weighted by atomic mass is 19.2. The van der Waals surface area contributed by atoms with Gasteiger partial charge in [-0.25, -0.2) is 8.78 Å². The Morgan fingerprint density at radius 3 is 2.04 bits per heavy atom. The zero-order chi connectivity index (χ0) is 17.8. The lowest BCUT2D eigenvalue weighted by molar-refractivity contribution is 0.132. The van der Waals surface area contributed by atoms with E-state index in [2.05, 4.69) is 13.8 Å². The van der Waals surface area contributed by atoms with Crippen molar-refractivity contribution in [1.82, 2.24) is 0 Å². The van der Waals surface area contributed by atoms with Gasteiger partial charge in [-0.3, -0.25) is 0 Å². The second kappa shape index (κ2) is 8.64. The van der Waals surface area contributed by atoms with Crippen LogP contribution in [0.3, 0.4) is 0 Å². The molecule has 2 fully saturated rings. The third-order valence-electron chi connectivity index (χ3n) is 7.26. The van der Waals surface area contributed by atoms with Crippen LogP contribution in [-0.2, 0) is 0 Å². The zero-order valence-corrected chi connectivity index (χ0v) is 15.9. The lowest BCUT2D eigenvalue weighted by atomic mass is 9.66. The molecule has 2 saturated carbocycles. The minimum Gasteiger partial charge on any atom is -0.204 e. The predicted octanol–water partition coefficient (Wildman–Crippen LogP) is 7.48. The van der Waals surface area contributed by atoms with Crippen LogP contribution >= 0.6 is 0 Å². The summed E-state index contributed by atoms with van der Waals surface area (Å²) in [5, 5.41) is 0. The molecule has 2 aliphatic carbocycles. The van der Waals surface area contributed by atoms with Crippen molar-refractivity contribution in [3.63, 3.8) is 0 Å². The highest BCUT2D eigenvalue weighted by Gasteiger charge is 2.32. The quantitative estimate of drug-likeness (QED) is 0.517. The van der Waals surface area contributed by atoms with Crippen LogP contribution in [0.4, 0.5) is 8.78 Å². The molecule has 1 aromatic carbocycles. The summed E-state index contributed by atoms with van der Waals surface area (Å²) < 4.78 is 26.6. The summed E-state index contributed by atoms with van der Waals surface area (Å²) in [5.74, 6) is 2.54. The summed E-state index contributed by atoms with van der Waals surface area (Å²) >= 11 is 0. The lowest BCUT2D eigenvalue weighted by Crippen LogP contribution is -2.28. The van der Waals surface area contributed by atoms with Crippen LogP contribution in [0.2, 0.25) is 0 Å². The fourth-order valence-corrected chi connectivity index (χ4v) is 5.54. The van der Waals surface area contributed by atoms with Gasteiger partial charge < -0.3 is 0 Å². The average Bonchev–Trinajstić information content (AvgIpc) is 2.64. The monoisotopic (exact) mass is 348 g/mol. The first-order valence-electron chi connectivity index (χ1n) is 10.5. The van der Waals surface area contributed by atoms with Crippen molar-refractivity contribution in [3.05, 3.63) is 35.4 Å². The molecule has 0 nitrogen and oxygen atoms in total. The van der Waals surface area contributed by atoms with E-state index >= 15 is 0 Å². The molecule has 1 aromatic rings. The molecule has 0 aliphatic heterocycles. The van der Waals surface area contributed by atoms with E-state index in [4.69, 9.17) is 0 Å². The first kappa shape index (κ1) is 18.9. The topological polar surface area (TPSA) is 0 Å². The summed E-state index contributed by atoms with van der Waals surface area (Å²) in [7, 11) is 0. The highest BCUT2D eigenvalue weighted by molar-refractivity contribution is 5.22. The summed E-state index contributed by atoms with van der Waals surface area (Å²) in [5.41, 5.74) is 0.991. The number of halogens is 2. The van der Waals surface area contributed by atoms with Crippen LogP contribution < -0.4 is 0 Å². The molecule has 2 heteroatoms. The first-order chi connectivity index (χ1) is 12.1. The normalized spacial score (nSPS) is 31.7. The van der Waals surface area contributed by atoms with E-state index in [9.17, 15) is 8.78 Å². The molecular formula is C23H34F2. The van der Waals surface area contributed by atoms with Gasteiger partial charge in [-0.2, -0.15) is 0 Å². The maximum Gasteiger partial charge on any atom is 0.159 e. The van der Waals surface area contributed by atoms with Gasteiger partial charge in [0.1, 0.15) is 0 Å². The third-order valence-corrected chi connectivity index (χ3v) is 7.26. The average molecular weight is 349 g/mol. The Morgan fingerprint density at radius 1 is 0.880 bits per heavy atom. The summed E-state index contributed by atoms with van der Waals surface area (Å²) in [6, 6.07) is 4.48. The van der Waals surface area contributed by atoms with Crippen molar-refractivity contribution >= 4 is 0 Å². The van der Waals surface area contributed by atoms with Gasteiger partial charge in [0.15, 0.2) is 11.6 Å². The van der Waals surface area contributed by atoms with Crippen LogP contribution in [0.25, 0.3) is 0 Å². The van der Waals surface area contributed by atoms with Crippen molar-refractivity contribution in [2.75, 3.05) is 0 Å². The van der Waals surface area contributed by atoms with E-state index in [1.807, 2.05) is 0 Å². The van der Waals surface area contributed by atoms with Crippen LogP contribution in [0, 0.1) is 35.3 Å². The molecule has 1 atom stereocenters. The van der Waals surface area contributed by atoms with Gasteiger partial charge in [-0.1, -0.05) is 45.6 Å². The zero-order valence-electron chi connectivity index (χ0n) is 15.9. The maximum atomic E-state index is 13.5. The summed E-state index contributed by atoms with van der Waals surface area (Å²) in [6.07, 6.45) is 13.2. The largest absolute Gasteiger partial charge is 0.204 e. The Kier molecular flexibility index (Phi) is 6.52. The Balaban J connectivity index is 1.49. The molecule has 0 radical (unpaired) electrons. The molecular weight excluding hydrogens is 314 g/mol. The fourth-order valence-electron chi connectivity index (χ4n) is 5.54. The van der Waals surface area contributed by atoms with Crippen molar-refractivity contribution < 1.29 is 8.78 Å². The maximum absolute atomic E-state index is 13.5. The molecule has 0 heterocycles. The van der Waals surface area contributed by atoms with Crippen LogP contribution in [-0.4, -0.2) is 0 Å². The van der Waals surface area contributed by atoms with Gasteiger partial charge in [0.2, 0.25) is 0 Å². The molecule has 2 aliphatic rings.